The molecule has 1 N–H and O–H groups in total. The topological polar surface area (TPSA) is 76.9 Å². The fourth-order valence-corrected chi connectivity index (χ4v) is 4.19. The number of nitrogens with zero attached hydrogens (tertiary/aromatic N) is 3. The lowest BCUT2D eigenvalue weighted by atomic mass is 10.1. The smallest absolute Gasteiger partial charge is 0.207 e. The van der Waals surface area contributed by atoms with Crippen molar-refractivity contribution in [1.29, 1.82) is 0 Å². The highest BCUT2D eigenvalue weighted by Gasteiger charge is 2.23. The molecule has 25 heavy (non-hydrogen) atoms. The van der Waals surface area contributed by atoms with Gasteiger partial charge in [0.05, 0.1) is 29.9 Å². The Morgan fingerprint density at radius 3 is 2.36 bits per heavy atom. The van der Waals surface area contributed by atoms with Gasteiger partial charge in [-0.2, -0.15) is 15.0 Å². The van der Waals surface area contributed by atoms with Gasteiger partial charge in [0.15, 0.2) is 0 Å². The van der Waals surface area contributed by atoms with Gasteiger partial charge in [0.25, 0.3) is 0 Å². The van der Waals surface area contributed by atoms with Crippen molar-refractivity contribution in [3.8, 4) is 0 Å². The molecule has 3 aromatic rings. The molecule has 0 aliphatic carbocycles. The van der Waals surface area contributed by atoms with Crippen molar-refractivity contribution >= 4 is 10.0 Å². The van der Waals surface area contributed by atoms with Gasteiger partial charge in [0.1, 0.15) is 0 Å². The molecule has 3 rings (SSSR count). The van der Waals surface area contributed by atoms with E-state index in [4.69, 9.17) is 0 Å². The Labute approximate surface area is 147 Å². The van der Waals surface area contributed by atoms with Gasteiger partial charge in [-0.25, -0.2) is 13.1 Å². The molecular weight excluding hydrogens is 336 g/mol. The van der Waals surface area contributed by atoms with E-state index in [9.17, 15) is 8.42 Å². The minimum Gasteiger partial charge on any atom is -0.207 e. The van der Waals surface area contributed by atoms with Crippen LogP contribution in [0.1, 0.15) is 22.7 Å². The minimum atomic E-state index is -3.68. The van der Waals surface area contributed by atoms with Crippen molar-refractivity contribution < 1.29 is 8.42 Å². The zero-order valence-corrected chi connectivity index (χ0v) is 14.9. The standard InChI is InChI=1S/C18H20N4O2S/c1-14-8-9-18(15(2)12-14)25(23,24)21-17(13-22-19-10-11-20-22)16-6-4-3-5-7-16/h3-12,17,21H,13H2,1-2H3. The SMILES string of the molecule is Cc1ccc(S(=O)(=O)NC(Cn2nccn2)c2ccccc2)c(C)c1. The van der Waals surface area contributed by atoms with E-state index in [0.717, 1.165) is 16.7 Å². The van der Waals surface area contributed by atoms with Gasteiger partial charge in [0.2, 0.25) is 10.0 Å². The second-order valence-electron chi connectivity index (χ2n) is 5.94. The van der Waals surface area contributed by atoms with Crippen LogP contribution < -0.4 is 4.72 Å². The third-order valence-corrected chi connectivity index (χ3v) is 5.56. The second-order valence-corrected chi connectivity index (χ2v) is 7.62. The predicted molar refractivity (Wildman–Crippen MR) is 95.4 cm³/mol. The Kier molecular flexibility index (Phi) is 4.96. The summed E-state index contributed by atoms with van der Waals surface area (Å²) < 4.78 is 28.6. The van der Waals surface area contributed by atoms with E-state index < -0.39 is 16.1 Å². The molecule has 7 heteroatoms. The summed E-state index contributed by atoms with van der Waals surface area (Å²) in [6.45, 7) is 4.04. The Bertz CT molecular complexity index is 938. The summed E-state index contributed by atoms with van der Waals surface area (Å²) in [5, 5.41) is 8.17. The molecule has 0 bridgehead atoms. The minimum absolute atomic E-state index is 0.285. The molecule has 0 aliphatic rings. The van der Waals surface area contributed by atoms with Gasteiger partial charge in [-0.15, -0.1) is 0 Å². The van der Waals surface area contributed by atoms with Gasteiger partial charge in [-0.1, -0.05) is 48.0 Å². The molecule has 2 aromatic carbocycles. The highest BCUT2D eigenvalue weighted by molar-refractivity contribution is 7.89. The summed E-state index contributed by atoms with van der Waals surface area (Å²) in [5.74, 6) is 0. The molecular formula is C18H20N4O2S. The number of rotatable bonds is 6. The maximum atomic E-state index is 12.9. The Morgan fingerprint density at radius 1 is 1.04 bits per heavy atom. The van der Waals surface area contributed by atoms with E-state index in [1.54, 1.807) is 31.5 Å². The van der Waals surface area contributed by atoms with Crippen LogP contribution in [0, 0.1) is 13.8 Å². The second kappa shape index (κ2) is 7.16. The van der Waals surface area contributed by atoms with Crippen molar-refractivity contribution in [1.82, 2.24) is 19.7 Å². The van der Waals surface area contributed by atoms with Crippen molar-refractivity contribution in [3.63, 3.8) is 0 Å². The molecule has 1 atom stereocenters. The summed E-state index contributed by atoms with van der Waals surface area (Å²) >= 11 is 0. The van der Waals surface area contributed by atoms with Crippen LogP contribution in [-0.2, 0) is 16.6 Å². The summed E-state index contributed by atoms with van der Waals surface area (Å²) in [5.41, 5.74) is 2.60. The number of hydrogen-bond acceptors (Lipinski definition) is 4. The van der Waals surface area contributed by atoms with E-state index in [1.807, 2.05) is 43.3 Å². The van der Waals surface area contributed by atoms with Gasteiger partial charge in [-0.05, 0) is 31.0 Å². The largest absolute Gasteiger partial charge is 0.241 e. The summed E-state index contributed by atoms with van der Waals surface area (Å²) in [4.78, 5) is 1.76. The van der Waals surface area contributed by atoms with Crippen LogP contribution in [0.4, 0.5) is 0 Å². The summed E-state index contributed by atoms with van der Waals surface area (Å²) in [7, 11) is -3.68. The first-order valence-corrected chi connectivity index (χ1v) is 9.43. The highest BCUT2D eigenvalue weighted by atomic mass is 32.2. The van der Waals surface area contributed by atoms with E-state index in [-0.39, 0.29) is 4.90 Å². The van der Waals surface area contributed by atoms with Crippen LogP contribution in [-0.4, -0.2) is 23.4 Å². The van der Waals surface area contributed by atoms with Crippen molar-refractivity contribution in [3.05, 3.63) is 77.6 Å². The lowest BCUT2D eigenvalue weighted by Gasteiger charge is -2.19. The van der Waals surface area contributed by atoms with Gasteiger partial charge < -0.3 is 0 Å². The molecule has 130 valence electrons. The lowest BCUT2D eigenvalue weighted by molar-refractivity contribution is 0.444. The molecule has 1 aromatic heterocycles. The first-order valence-electron chi connectivity index (χ1n) is 7.94. The van der Waals surface area contributed by atoms with Crippen molar-refractivity contribution in [2.45, 2.75) is 31.3 Å². The molecule has 1 unspecified atom stereocenters. The molecule has 0 saturated carbocycles. The Morgan fingerprint density at radius 2 is 1.72 bits per heavy atom. The van der Waals surface area contributed by atoms with Crippen LogP contribution in [0.3, 0.4) is 0 Å². The monoisotopic (exact) mass is 356 g/mol. The van der Waals surface area contributed by atoms with Crippen LogP contribution >= 0.6 is 0 Å². The third kappa shape index (κ3) is 4.12. The van der Waals surface area contributed by atoms with Gasteiger partial charge >= 0.3 is 0 Å². The number of aromatic nitrogens is 3. The number of sulfonamides is 1. The number of nitrogens with one attached hydrogen (secondary N) is 1. The first-order chi connectivity index (χ1) is 12.0. The zero-order chi connectivity index (χ0) is 17.9. The van der Waals surface area contributed by atoms with Gasteiger partial charge in [0, 0.05) is 0 Å². The normalized spacial score (nSPS) is 12.9. The fourth-order valence-electron chi connectivity index (χ4n) is 2.75. The van der Waals surface area contributed by atoms with Crippen LogP contribution in [0.2, 0.25) is 0 Å². The number of benzene rings is 2. The van der Waals surface area contributed by atoms with E-state index in [1.165, 1.54) is 4.80 Å². The predicted octanol–water partition coefficient (Wildman–Crippen LogP) is 2.61. The van der Waals surface area contributed by atoms with Crippen molar-refractivity contribution in [2.75, 3.05) is 0 Å². The van der Waals surface area contributed by atoms with Crippen molar-refractivity contribution in [2.24, 2.45) is 0 Å². The molecule has 0 aliphatic heterocycles. The van der Waals surface area contributed by atoms with Crippen LogP contribution in [0.5, 0.6) is 0 Å². The molecule has 6 nitrogen and oxygen atoms in total. The van der Waals surface area contributed by atoms with E-state index in [0.29, 0.717) is 6.54 Å². The molecule has 0 fully saturated rings. The molecule has 0 radical (unpaired) electrons. The van der Waals surface area contributed by atoms with Crippen LogP contribution in [0.15, 0.2) is 65.8 Å². The number of aryl methyl sites for hydroxylation is 2. The molecule has 0 saturated heterocycles. The van der Waals surface area contributed by atoms with Crippen LogP contribution in [0.25, 0.3) is 0 Å². The fraction of sp³-hybridized carbons (Fsp3) is 0.222. The number of hydrogen-bond donors (Lipinski definition) is 1. The first kappa shape index (κ1) is 17.3. The summed E-state index contributed by atoms with van der Waals surface area (Å²) in [6, 6.07) is 14.3. The Hall–Kier alpha value is -2.51. The zero-order valence-electron chi connectivity index (χ0n) is 14.1. The molecule has 1 heterocycles. The quantitative estimate of drug-likeness (QED) is 0.736. The van der Waals surface area contributed by atoms with E-state index in [2.05, 4.69) is 14.9 Å². The lowest BCUT2D eigenvalue weighted by Crippen LogP contribution is -2.32. The maximum Gasteiger partial charge on any atom is 0.241 e. The van der Waals surface area contributed by atoms with E-state index >= 15 is 0 Å². The Balaban J connectivity index is 1.93. The average molecular weight is 356 g/mol. The highest BCUT2D eigenvalue weighted by Crippen LogP contribution is 2.21. The molecule has 0 spiro atoms. The third-order valence-electron chi connectivity index (χ3n) is 3.93. The van der Waals surface area contributed by atoms with Gasteiger partial charge in [-0.3, -0.25) is 0 Å². The molecule has 0 amide bonds. The summed E-state index contributed by atoms with van der Waals surface area (Å²) in [6.07, 6.45) is 3.14. The maximum absolute atomic E-state index is 12.9. The average Bonchev–Trinajstić information content (AvgIpc) is 3.07.